The quantitative estimate of drug-likeness (QED) is 0.898. The number of benzene rings is 1. The molecule has 1 unspecified atom stereocenters. The van der Waals surface area contributed by atoms with Crippen molar-refractivity contribution in [3.8, 4) is 5.75 Å². The molecule has 0 amide bonds. The third-order valence-electron chi connectivity index (χ3n) is 3.56. The van der Waals surface area contributed by atoms with Gasteiger partial charge in [0, 0.05) is 30.7 Å². The highest BCUT2D eigenvalue weighted by atomic mass is 32.2. The normalized spacial score (nSPS) is 18.6. The van der Waals surface area contributed by atoms with Gasteiger partial charge in [-0.3, -0.25) is 0 Å². The molecule has 1 aliphatic rings. The fourth-order valence-electron chi connectivity index (χ4n) is 2.53. The second-order valence-corrected chi connectivity index (χ2v) is 7.57. The summed E-state index contributed by atoms with van der Waals surface area (Å²) in [4.78, 5) is 6.53. The van der Waals surface area contributed by atoms with Gasteiger partial charge >= 0.3 is 0 Å². The Kier molecular flexibility index (Phi) is 4.32. The number of sulfonamides is 1. The number of aromatic nitrogens is 1. The minimum absolute atomic E-state index is 0.126. The van der Waals surface area contributed by atoms with E-state index in [0.717, 1.165) is 18.1 Å². The Hall–Kier alpha value is -1.64. The molecule has 1 aliphatic heterocycles. The van der Waals surface area contributed by atoms with Crippen LogP contribution in [0, 0.1) is 0 Å². The van der Waals surface area contributed by atoms with Crippen molar-refractivity contribution in [1.82, 2.24) is 9.71 Å². The van der Waals surface area contributed by atoms with E-state index in [2.05, 4.69) is 14.6 Å². The fourth-order valence-corrected chi connectivity index (χ4v) is 4.64. The first-order valence-corrected chi connectivity index (χ1v) is 9.26. The lowest BCUT2D eigenvalue weighted by molar-refractivity contribution is 0.402. The molecule has 1 aromatic heterocycles. The number of thiazole rings is 1. The number of ether oxygens (including phenoxy) is 1. The second kappa shape index (κ2) is 6.23. The van der Waals surface area contributed by atoms with E-state index in [0.29, 0.717) is 12.3 Å². The van der Waals surface area contributed by atoms with Crippen LogP contribution in [0.2, 0.25) is 0 Å². The molecule has 22 heavy (non-hydrogen) atoms. The maximum atomic E-state index is 12.5. The van der Waals surface area contributed by atoms with E-state index in [1.165, 1.54) is 7.11 Å². The van der Waals surface area contributed by atoms with E-state index in [1.54, 1.807) is 41.8 Å². The summed E-state index contributed by atoms with van der Waals surface area (Å²) in [5, 5.41) is 2.85. The predicted octanol–water partition coefficient (Wildman–Crippen LogP) is 1.71. The van der Waals surface area contributed by atoms with Crippen molar-refractivity contribution in [3.63, 3.8) is 0 Å². The van der Waals surface area contributed by atoms with Gasteiger partial charge in [-0.25, -0.2) is 18.1 Å². The molecule has 1 saturated heterocycles. The van der Waals surface area contributed by atoms with E-state index < -0.39 is 10.0 Å². The first-order chi connectivity index (χ1) is 10.6. The number of hydrogen-bond donors (Lipinski definition) is 1. The Morgan fingerprint density at radius 1 is 1.41 bits per heavy atom. The molecule has 6 nitrogen and oxygen atoms in total. The Morgan fingerprint density at radius 2 is 2.23 bits per heavy atom. The zero-order chi connectivity index (χ0) is 15.6. The van der Waals surface area contributed by atoms with Crippen LogP contribution in [0.1, 0.15) is 6.42 Å². The number of hydrogen-bond acceptors (Lipinski definition) is 6. The maximum Gasteiger partial charge on any atom is 0.244 e. The number of nitrogens with zero attached hydrogens (tertiary/aromatic N) is 2. The molecule has 2 aromatic rings. The molecule has 0 spiro atoms. The van der Waals surface area contributed by atoms with E-state index in [9.17, 15) is 8.42 Å². The van der Waals surface area contributed by atoms with E-state index >= 15 is 0 Å². The number of anilines is 1. The van der Waals surface area contributed by atoms with Crippen LogP contribution in [-0.4, -0.2) is 39.6 Å². The van der Waals surface area contributed by atoms with Gasteiger partial charge in [-0.05, 0) is 18.6 Å². The smallest absolute Gasteiger partial charge is 0.244 e. The lowest BCUT2D eigenvalue weighted by Gasteiger charge is -2.16. The minimum atomic E-state index is -3.60. The summed E-state index contributed by atoms with van der Waals surface area (Å²) in [7, 11) is -2.13. The third-order valence-corrected chi connectivity index (χ3v) is 5.95. The highest BCUT2D eigenvalue weighted by Crippen LogP contribution is 2.26. The monoisotopic (exact) mass is 339 g/mol. The van der Waals surface area contributed by atoms with Crippen molar-refractivity contribution >= 4 is 26.5 Å². The second-order valence-electron chi connectivity index (χ2n) is 5.02. The molecular weight excluding hydrogens is 322 g/mol. The zero-order valence-electron chi connectivity index (χ0n) is 12.1. The lowest BCUT2D eigenvalue weighted by Crippen LogP contribution is -2.37. The fraction of sp³-hybridized carbons (Fsp3) is 0.357. The molecule has 1 aromatic carbocycles. The first kappa shape index (κ1) is 15.3. The van der Waals surface area contributed by atoms with Gasteiger partial charge in [-0.1, -0.05) is 12.1 Å². The maximum absolute atomic E-state index is 12.5. The average Bonchev–Trinajstić information content (AvgIpc) is 3.17. The summed E-state index contributed by atoms with van der Waals surface area (Å²) in [6.45, 7) is 1.43. The van der Waals surface area contributed by atoms with Crippen LogP contribution >= 0.6 is 11.3 Å². The van der Waals surface area contributed by atoms with Crippen molar-refractivity contribution in [2.24, 2.45) is 0 Å². The zero-order valence-corrected chi connectivity index (χ0v) is 13.7. The summed E-state index contributed by atoms with van der Waals surface area (Å²) in [6.07, 6.45) is 2.51. The average molecular weight is 339 g/mol. The summed E-state index contributed by atoms with van der Waals surface area (Å²) < 4.78 is 33.0. The Balaban J connectivity index is 1.73. The van der Waals surface area contributed by atoms with Gasteiger partial charge in [0.15, 0.2) is 5.13 Å². The molecular formula is C14H17N3O3S2. The molecule has 1 fully saturated rings. The van der Waals surface area contributed by atoms with Gasteiger partial charge in [0.05, 0.1) is 7.11 Å². The van der Waals surface area contributed by atoms with Gasteiger partial charge in [-0.2, -0.15) is 0 Å². The topological polar surface area (TPSA) is 71.5 Å². The Labute approximate surface area is 133 Å². The Morgan fingerprint density at radius 3 is 2.95 bits per heavy atom. The van der Waals surface area contributed by atoms with Crippen molar-refractivity contribution < 1.29 is 13.2 Å². The van der Waals surface area contributed by atoms with Crippen LogP contribution in [0.25, 0.3) is 0 Å². The SMILES string of the molecule is COc1ccccc1S(=O)(=O)NC1CCN(c2nccs2)C1. The van der Waals surface area contributed by atoms with Gasteiger partial charge in [0.2, 0.25) is 10.0 Å². The van der Waals surface area contributed by atoms with Gasteiger partial charge < -0.3 is 9.64 Å². The van der Waals surface area contributed by atoms with Crippen molar-refractivity contribution in [3.05, 3.63) is 35.8 Å². The van der Waals surface area contributed by atoms with Gasteiger partial charge in [0.1, 0.15) is 10.6 Å². The van der Waals surface area contributed by atoms with Crippen LogP contribution in [0.4, 0.5) is 5.13 Å². The summed E-state index contributed by atoms with van der Waals surface area (Å²) in [5.41, 5.74) is 0. The van der Waals surface area contributed by atoms with Crippen LogP contribution in [0.3, 0.4) is 0 Å². The van der Waals surface area contributed by atoms with E-state index in [1.807, 2.05) is 5.38 Å². The minimum Gasteiger partial charge on any atom is -0.495 e. The van der Waals surface area contributed by atoms with Crippen molar-refractivity contribution in [2.75, 3.05) is 25.1 Å². The molecule has 3 rings (SSSR count). The molecule has 0 radical (unpaired) electrons. The largest absolute Gasteiger partial charge is 0.495 e. The number of rotatable bonds is 5. The molecule has 0 bridgehead atoms. The van der Waals surface area contributed by atoms with Crippen LogP contribution in [-0.2, 0) is 10.0 Å². The summed E-state index contributed by atoms with van der Waals surface area (Å²) in [5.74, 6) is 0.352. The van der Waals surface area contributed by atoms with Crippen LogP contribution in [0.15, 0.2) is 40.7 Å². The highest BCUT2D eigenvalue weighted by Gasteiger charge is 2.29. The van der Waals surface area contributed by atoms with Crippen LogP contribution < -0.4 is 14.4 Å². The first-order valence-electron chi connectivity index (χ1n) is 6.90. The summed E-state index contributed by atoms with van der Waals surface area (Å²) >= 11 is 1.56. The van der Waals surface area contributed by atoms with Gasteiger partial charge in [0.25, 0.3) is 0 Å². The molecule has 1 N–H and O–H groups in total. The third kappa shape index (κ3) is 3.08. The standard InChI is InChI=1S/C14H17N3O3S2/c1-20-12-4-2-3-5-13(12)22(18,19)16-11-6-8-17(10-11)14-15-7-9-21-14/h2-5,7,9,11,16H,6,8,10H2,1H3. The molecule has 118 valence electrons. The molecule has 1 atom stereocenters. The van der Waals surface area contributed by atoms with Crippen molar-refractivity contribution in [2.45, 2.75) is 17.4 Å². The highest BCUT2D eigenvalue weighted by molar-refractivity contribution is 7.89. The van der Waals surface area contributed by atoms with E-state index in [4.69, 9.17) is 4.74 Å². The number of methoxy groups -OCH3 is 1. The molecule has 2 heterocycles. The molecule has 8 heteroatoms. The Bertz CT molecular complexity index is 732. The number of nitrogens with one attached hydrogen (secondary N) is 1. The number of para-hydroxylation sites is 1. The van der Waals surface area contributed by atoms with Crippen LogP contribution in [0.5, 0.6) is 5.75 Å². The predicted molar refractivity (Wildman–Crippen MR) is 86.0 cm³/mol. The summed E-state index contributed by atoms with van der Waals surface area (Å²) in [6, 6.07) is 6.50. The van der Waals surface area contributed by atoms with Crippen molar-refractivity contribution in [1.29, 1.82) is 0 Å². The van der Waals surface area contributed by atoms with Gasteiger partial charge in [-0.15, -0.1) is 11.3 Å². The molecule has 0 aliphatic carbocycles. The molecule has 0 saturated carbocycles. The lowest BCUT2D eigenvalue weighted by atomic mass is 10.3. The van der Waals surface area contributed by atoms with E-state index in [-0.39, 0.29) is 10.9 Å².